The van der Waals surface area contributed by atoms with Gasteiger partial charge in [-0.05, 0) is 50.2 Å². The maximum absolute atomic E-state index is 12.9. The Morgan fingerprint density at radius 2 is 1.44 bits per heavy atom. The number of phosphoric ester groups is 1. The van der Waals surface area contributed by atoms with Gasteiger partial charge in [-0.25, -0.2) is 0 Å². The summed E-state index contributed by atoms with van der Waals surface area (Å²) in [6, 6.07) is 0. The Hall–Kier alpha value is -1.92. The van der Waals surface area contributed by atoms with Gasteiger partial charge in [-0.2, -0.15) is 0 Å². The smallest absolute Gasteiger partial charge is 0.306 e. The topological polar surface area (TPSA) is 161 Å². The summed E-state index contributed by atoms with van der Waals surface area (Å²) in [5, 5.41) is 10.5. The van der Waals surface area contributed by atoms with Crippen LogP contribution in [-0.2, 0) is 42.2 Å². The van der Waals surface area contributed by atoms with Crippen molar-refractivity contribution in [2.45, 2.75) is 186 Å². The van der Waals surface area contributed by atoms with Gasteiger partial charge >= 0.3 is 11.9 Å². The zero-order valence-corrected chi connectivity index (χ0v) is 37.0. The van der Waals surface area contributed by atoms with Crippen LogP contribution in [0.3, 0.4) is 0 Å². The van der Waals surface area contributed by atoms with Gasteiger partial charge in [0.1, 0.15) is 25.9 Å². The van der Waals surface area contributed by atoms with E-state index in [1.165, 1.54) is 64.2 Å². The fourth-order valence-electron chi connectivity index (χ4n) is 6.94. The van der Waals surface area contributed by atoms with E-state index in [0.29, 0.717) is 42.3 Å². The lowest BCUT2D eigenvalue weighted by atomic mass is 9.95. The first-order valence-electron chi connectivity index (χ1n) is 22.2. The van der Waals surface area contributed by atoms with Crippen LogP contribution < -0.4 is 4.89 Å². The van der Waals surface area contributed by atoms with Crippen molar-refractivity contribution in [3.05, 3.63) is 23.8 Å². The second-order valence-corrected chi connectivity index (χ2v) is 18.4. The molecule has 12 nitrogen and oxygen atoms in total. The molecule has 0 spiro atoms. The molecule has 1 aliphatic carbocycles. The first-order chi connectivity index (χ1) is 27.2. The Morgan fingerprint density at radius 1 is 0.842 bits per heavy atom. The van der Waals surface area contributed by atoms with Gasteiger partial charge in [0.15, 0.2) is 11.9 Å². The Balaban J connectivity index is 1.76. The molecule has 1 saturated heterocycles. The van der Waals surface area contributed by atoms with E-state index in [-0.39, 0.29) is 56.4 Å². The number of unbranched alkanes of at least 4 members (excludes halogenated alkanes) is 15. The number of hydrogen-bond donors (Lipinski definition) is 1. The molecule has 330 valence electrons. The molecule has 6 atom stereocenters. The highest BCUT2D eigenvalue weighted by molar-refractivity contribution is 7.45. The fraction of sp³-hybridized carbons (Fsp3) is 0.841. The van der Waals surface area contributed by atoms with Crippen LogP contribution in [-0.4, -0.2) is 99.2 Å². The van der Waals surface area contributed by atoms with Gasteiger partial charge in [-0.3, -0.25) is 18.9 Å². The number of epoxide rings is 1. The average Bonchev–Trinajstić information content (AvgIpc) is 3.83. The van der Waals surface area contributed by atoms with Crippen LogP contribution in [0.5, 0.6) is 0 Å². The Kier molecular flexibility index (Phi) is 26.4. The van der Waals surface area contributed by atoms with Gasteiger partial charge in [-0.1, -0.05) is 116 Å². The highest BCUT2D eigenvalue weighted by atomic mass is 31.2. The summed E-state index contributed by atoms with van der Waals surface area (Å²) in [4.78, 5) is 50.5. The number of aliphatic hydroxyl groups is 1. The summed E-state index contributed by atoms with van der Waals surface area (Å²) in [5.74, 6) is -1.31. The van der Waals surface area contributed by atoms with E-state index in [9.17, 15) is 28.9 Å². The van der Waals surface area contributed by atoms with E-state index in [2.05, 4.69) is 26.0 Å². The number of carbonyl (C=O) groups excluding carboxylic acids is 3. The monoisotopic (exact) mass is 828 g/mol. The minimum Gasteiger partial charge on any atom is -0.756 e. The highest BCUT2D eigenvalue weighted by Crippen LogP contribution is 2.39. The third kappa shape index (κ3) is 25.3. The third-order valence-corrected chi connectivity index (χ3v) is 11.6. The van der Waals surface area contributed by atoms with E-state index in [1.54, 1.807) is 0 Å². The number of likely N-dealkylation sites (N-methyl/N-ethyl adjacent to an activating group) is 1. The average molecular weight is 828 g/mol. The minimum atomic E-state index is -4.70. The lowest BCUT2D eigenvalue weighted by Gasteiger charge is -2.28. The number of phosphoric acid groups is 1. The van der Waals surface area contributed by atoms with Gasteiger partial charge in [0.05, 0.1) is 40.0 Å². The van der Waals surface area contributed by atoms with Crippen LogP contribution in [0, 0.1) is 5.92 Å². The van der Waals surface area contributed by atoms with E-state index in [1.807, 2.05) is 27.2 Å². The lowest BCUT2D eigenvalue weighted by molar-refractivity contribution is -0.870. The third-order valence-electron chi connectivity index (χ3n) is 10.6. The van der Waals surface area contributed by atoms with Crippen LogP contribution in [0.25, 0.3) is 0 Å². The molecule has 13 heteroatoms. The molecule has 1 saturated carbocycles. The SMILES string of the molecule is CCCCC/C=C\C[C@@H]1/C(=C\[C@H]2O[C@@H]2CCCC(=O)OC(COC(=O)CCCCCCCCCCCCCCC)COP(=O)([O-])OCC[N+](C)(C)C)C(=O)C[C@H]1O. The lowest BCUT2D eigenvalue weighted by Crippen LogP contribution is -2.37. The van der Waals surface area contributed by atoms with Crippen molar-refractivity contribution >= 4 is 25.5 Å². The number of quaternary nitrogens is 1. The fourth-order valence-corrected chi connectivity index (χ4v) is 7.67. The number of Topliss-reactive ketones (excluding diaryl/α,β-unsaturated/α-hetero) is 1. The van der Waals surface area contributed by atoms with E-state index in [4.69, 9.17) is 23.3 Å². The molecule has 0 aromatic heterocycles. The number of aliphatic hydroxyl groups excluding tert-OH is 1. The first-order valence-corrected chi connectivity index (χ1v) is 23.7. The summed E-state index contributed by atoms with van der Waals surface area (Å²) in [7, 11) is 1.02. The molecule has 0 radical (unpaired) electrons. The first kappa shape index (κ1) is 51.2. The molecular formula is C44H78NO11P. The molecule has 0 aromatic rings. The molecule has 2 unspecified atom stereocenters. The van der Waals surface area contributed by atoms with Crippen LogP contribution >= 0.6 is 7.82 Å². The molecule has 0 bridgehead atoms. The highest BCUT2D eigenvalue weighted by Gasteiger charge is 2.42. The minimum absolute atomic E-state index is 0.0324. The maximum atomic E-state index is 12.9. The van der Waals surface area contributed by atoms with Crippen LogP contribution in [0.15, 0.2) is 23.8 Å². The number of hydrogen-bond acceptors (Lipinski definition) is 11. The van der Waals surface area contributed by atoms with Crippen molar-refractivity contribution in [3.8, 4) is 0 Å². The second-order valence-electron chi connectivity index (χ2n) is 17.0. The molecule has 1 aliphatic heterocycles. The number of carbonyl (C=O) groups is 3. The Bertz CT molecular complexity index is 1250. The van der Waals surface area contributed by atoms with Crippen molar-refractivity contribution in [2.24, 2.45) is 5.92 Å². The van der Waals surface area contributed by atoms with E-state index in [0.717, 1.165) is 38.5 Å². The van der Waals surface area contributed by atoms with Crippen molar-refractivity contribution in [1.82, 2.24) is 0 Å². The van der Waals surface area contributed by atoms with Crippen molar-refractivity contribution in [1.29, 1.82) is 0 Å². The molecule has 1 N–H and O–H groups in total. The van der Waals surface area contributed by atoms with Crippen LogP contribution in [0.1, 0.15) is 162 Å². The van der Waals surface area contributed by atoms with E-state index >= 15 is 0 Å². The van der Waals surface area contributed by atoms with Crippen molar-refractivity contribution < 1.29 is 56.7 Å². The largest absolute Gasteiger partial charge is 0.756 e. The number of ketones is 1. The normalized spacial score (nSPS) is 21.9. The molecule has 1 heterocycles. The van der Waals surface area contributed by atoms with Gasteiger partial charge in [-0.15, -0.1) is 0 Å². The number of rotatable bonds is 35. The van der Waals surface area contributed by atoms with Gasteiger partial charge in [0.2, 0.25) is 0 Å². The zero-order valence-electron chi connectivity index (χ0n) is 36.1. The Labute approximate surface area is 344 Å². The number of allylic oxidation sites excluding steroid dienone is 2. The van der Waals surface area contributed by atoms with Gasteiger partial charge < -0.3 is 37.7 Å². The molecule has 2 aliphatic rings. The second kappa shape index (κ2) is 29.3. The predicted octanol–water partition coefficient (Wildman–Crippen LogP) is 8.47. The summed E-state index contributed by atoms with van der Waals surface area (Å²) in [6.45, 7) is 3.88. The Morgan fingerprint density at radius 3 is 2.07 bits per heavy atom. The predicted molar refractivity (Wildman–Crippen MR) is 221 cm³/mol. The van der Waals surface area contributed by atoms with Gasteiger partial charge in [0, 0.05) is 25.2 Å². The van der Waals surface area contributed by atoms with Crippen molar-refractivity contribution in [2.75, 3.05) is 47.5 Å². The molecule has 0 amide bonds. The number of nitrogens with zero attached hydrogens (tertiary/aromatic N) is 1. The summed E-state index contributed by atoms with van der Waals surface area (Å²) >= 11 is 0. The molecule has 0 aromatic carbocycles. The van der Waals surface area contributed by atoms with Gasteiger partial charge in [0.25, 0.3) is 7.82 Å². The summed E-state index contributed by atoms with van der Waals surface area (Å²) in [6.07, 6.45) is 25.8. The zero-order chi connectivity index (χ0) is 41.9. The number of esters is 2. The van der Waals surface area contributed by atoms with Crippen LogP contribution in [0.4, 0.5) is 0 Å². The van der Waals surface area contributed by atoms with E-state index < -0.39 is 38.6 Å². The molecule has 2 fully saturated rings. The molecule has 2 rings (SSSR count). The standard InChI is InChI=1S/C44H78NO11P/c1-6-8-10-12-14-15-16-17-18-19-20-22-24-28-43(48)52-34-36(35-54-57(50,51)53-31-30-45(3,4)5)55-44(49)29-25-27-41-42(56-41)32-38-37(39(46)33-40(38)47)26-23-21-13-11-9-7-2/h21,23,32,36-37,39,41-42,46H,6-20,22,24-31,33-35H2,1-5H3/b23-21-,38-32+/t36?,37-,39-,41-,42-/m1/s1. The maximum Gasteiger partial charge on any atom is 0.306 e. The summed E-state index contributed by atoms with van der Waals surface area (Å²) in [5.41, 5.74) is 0.621. The quantitative estimate of drug-likeness (QED) is 0.0124. The molecular weight excluding hydrogens is 749 g/mol. The number of ether oxygens (including phenoxy) is 3. The summed E-state index contributed by atoms with van der Waals surface area (Å²) < 4.78 is 39.7. The van der Waals surface area contributed by atoms with Crippen molar-refractivity contribution in [3.63, 3.8) is 0 Å². The van der Waals surface area contributed by atoms with Crippen LogP contribution in [0.2, 0.25) is 0 Å². The molecule has 57 heavy (non-hydrogen) atoms.